The Morgan fingerprint density at radius 1 is 0.976 bits per heavy atom. The molecule has 1 amide bonds. The van der Waals surface area contributed by atoms with Gasteiger partial charge in [0.1, 0.15) is 22.8 Å². The number of halogens is 1. The second kappa shape index (κ2) is 10.6. The first-order valence-corrected chi connectivity index (χ1v) is 12.6. The molecule has 0 radical (unpaired) electrons. The van der Waals surface area contributed by atoms with Gasteiger partial charge < -0.3 is 19.5 Å². The molecule has 6 rings (SSSR count). The molecule has 1 aliphatic carbocycles. The Morgan fingerprint density at radius 2 is 1.68 bits per heavy atom. The maximum atomic E-state index is 13.4. The van der Waals surface area contributed by atoms with Gasteiger partial charge in [-0.1, -0.05) is 0 Å². The maximum Gasteiger partial charge on any atom is 0.322 e. The summed E-state index contributed by atoms with van der Waals surface area (Å²) in [6.45, 7) is 0. The minimum atomic E-state index is -0.645. The number of benzene rings is 2. The Balaban J connectivity index is 1.24. The summed E-state index contributed by atoms with van der Waals surface area (Å²) in [5.41, 5.74) is 0.708. The van der Waals surface area contributed by atoms with Gasteiger partial charge in [0.25, 0.3) is 5.91 Å². The molecule has 1 aliphatic rings. The van der Waals surface area contributed by atoms with E-state index in [0.29, 0.717) is 33.7 Å². The number of anilines is 1. The summed E-state index contributed by atoms with van der Waals surface area (Å²) in [6, 6.07) is 10.7. The predicted octanol–water partition coefficient (Wildman–Crippen LogP) is 4.78. The van der Waals surface area contributed by atoms with E-state index in [1.165, 1.54) is 50.0 Å². The lowest BCUT2D eigenvalue weighted by atomic mass is 10.1. The fourth-order valence-corrected chi connectivity index (χ4v) is 4.26. The van der Waals surface area contributed by atoms with Gasteiger partial charge >= 0.3 is 6.01 Å². The van der Waals surface area contributed by atoms with Crippen LogP contribution in [-0.4, -0.2) is 44.9 Å². The number of rotatable bonds is 8. The average Bonchev–Trinajstić information content (AvgIpc) is 3.84. The van der Waals surface area contributed by atoms with Crippen LogP contribution < -0.4 is 25.0 Å². The van der Waals surface area contributed by atoms with Crippen LogP contribution in [0.1, 0.15) is 29.2 Å². The molecule has 1 N–H and O–H groups in total. The Bertz CT molecular complexity index is 1820. The van der Waals surface area contributed by atoms with Crippen LogP contribution in [0.4, 0.5) is 10.1 Å². The largest absolute Gasteiger partial charge is 0.493 e. The van der Waals surface area contributed by atoms with Gasteiger partial charge in [0, 0.05) is 29.4 Å². The highest BCUT2D eigenvalue weighted by molar-refractivity contribution is 6.04. The lowest BCUT2D eigenvalue weighted by Crippen LogP contribution is -2.26. The third kappa shape index (κ3) is 5.26. The lowest BCUT2D eigenvalue weighted by molar-refractivity contribution is 0.102. The molecular weight excluding hydrogens is 531 g/mol. The highest BCUT2D eigenvalue weighted by Gasteiger charge is 2.27. The molecular formula is C29H23FN6O5. The van der Waals surface area contributed by atoms with Crippen molar-refractivity contribution in [3.05, 3.63) is 88.9 Å². The summed E-state index contributed by atoms with van der Waals surface area (Å²) < 4.78 is 31.7. The molecule has 0 aliphatic heterocycles. The third-order valence-corrected chi connectivity index (χ3v) is 6.51. The van der Waals surface area contributed by atoms with Crippen LogP contribution in [0.3, 0.4) is 0 Å². The fraction of sp³-hybridized carbons (Fsp3) is 0.172. The number of fused-ring (bicyclic) bond motifs is 1. The SMILES string of the molecule is COc1cc2nccc(Oc3ncc(NC(=O)c4cn(C5CC5)nc(-c5ccc(F)cc5)c4=O)cn3)c2cc1OC. The molecule has 11 nitrogen and oxygen atoms in total. The summed E-state index contributed by atoms with van der Waals surface area (Å²) in [5, 5.41) is 7.74. The van der Waals surface area contributed by atoms with Gasteiger partial charge in [-0.3, -0.25) is 19.3 Å². The number of hydrogen-bond donors (Lipinski definition) is 1. The molecule has 0 saturated heterocycles. The van der Waals surface area contributed by atoms with Crippen molar-refractivity contribution >= 4 is 22.5 Å². The fourth-order valence-electron chi connectivity index (χ4n) is 4.26. The standard InChI is InChI=1S/C29H23FN6O5/c1-39-24-11-20-22(12-25(24)40-2)31-10-9-23(20)41-29-32-13-18(14-33-29)34-28(38)21-15-36(19-7-8-19)35-26(27(21)37)16-3-5-17(30)6-4-16/h3-6,9-15,19H,7-8H2,1-2H3,(H,34,38). The smallest absolute Gasteiger partial charge is 0.322 e. The van der Waals surface area contributed by atoms with Gasteiger partial charge in [-0.25, -0.2) is 14.4 Å². The second-order valence-electron chi connectivity index (χ2n) is 9.28. The molecule has 0 atom stereocenters. The van der Waals surface area contributed by atoms with Crippen molar-refractivity contribution < 1.29 is 23.4 Å². The number of aromatic nitrogens is 5. The van der Waals surface area contributed by atoms with Crippen molar-refractivity contribution in [2.45, 2.75) is 18.9 Å². The first-order valence-electron chi connectivity index (χ1n) is 12.6. The van der Waals surface area contributed by atoms with Gasteiger partial charge in [-0.2, -0.15) is 5.10 Å². The second-order valence-corrected chi connectivity index (χ2v) is 9.28. The highest BCUT2D eigenvalue weighted by atomic mass is 19.1. The molecule has 12 heteroatoms. The van der Waals surface area contributed by atoms with E-state index in [4.69, 9.17) is 14.2 Å². The molecule has 3 aromatic heterocycles. The van der Waals surface area contributed by atoms with E-state index < -0.39 is 17.2 Å². The van der Waals surface area contributed by atoms with Gasteiger partial charge in [-0.05, 0) is 49.2 Å². The summed E-state index contributed by atoms with van der Waals surface area (Å²) in [4.78, 5) is 39.2. The van der Waals surface area contributed by atoms with Crippen LogP contribution in [0.2, 0.25) is 0 Å². The normalized spacial score (nSPS) is 12.7. The van der Waals surface area contributed by atoms with Crippen molar-refractivity contribution in [2.24, 2.45) is 0 Å². The van der Waals surface area contributed by atoms with Gasteiger partial charge in [0.2, 0.25) is 5.43 Å². The van der Waals surface area contributed by atoms with E-state index in [-0.39, 0.29) is 29.0 Å². The molecule has 0 unspecified atom stereocenters. The van der Waals surface area contributed by atoms with Crippen molar-refractivity contribution in [1.29, 1.82) is 0 Å². The number of carbonyl (C=O) groups is 1. The zero-order valence-corrected chi connectivity index (χ0v) is 22.0. The van der Waals surface area contributed by atoms with Crippen LogP contribution in [0, 0.1) is 5.82 Å². The summed E-state index contributed by atoms with van der Waals surface area (Å²) in [7, 11) is 3.08. The first kappa shape index (κ1) is 25.9. The molecule has 3 heterocycles. The molecule has 0 bridgehead atoms. The molecule has 1 saturated carbocycles. The summed E-state index contributed by atoms with van der Waals surface area (Å²) in [6.07, 6.45) is 7.55. The minimum absolute atomic E-state index is 0.0314. The van der Waals surface area contributed by atoms with E-state index in [0.717, 1.165) is 12.8 Å². The van der Waals surface area contributed by atoms with Gasteiger partial charge in [-0.15, -0.1) is 0 Å². The molecule has 5 aromatic rings. The zero-order valence-electron chi connectivity index (χ0n) is 22.0. The Kier molecular flexibility index (Phi) is 6.71. The van der Waals surface area contributed by atoms with Gasteiger partial charge in [0.15, 0.2) is 11.5 Å². The van der Waals surface area contributed by atoms with E-state index in [9.17, 15) is 14.0 Å². The lowest BCUT2D eigenvalue weighted by Gasteiger charge is -2.12. The Hall–Kier alpha value is -5.39. The number of hydrogen-bond acceptors (Lipinski definition) is 9. The number of carbonyl (C=O) groups excluding carboxylic acids is 1. The predicted molar refractivity (Wildman–Crippen MR) is 147 cm³/mol. The van der Waals surface area contributed by atoms with Crippen LogP contribution in [0.5, 0.6) is 23.3 Å². The van der Waals surface area contributed by atoms with Crippen molar-refractivity contribution in [1.82, 2.24) is 24.7 Å². The Morgan fingerprint density at radius 3 is 2.37 bits per heavy atom. The molecule has 1 fully saturated rings. The quantitative estimate of drug-likeness (QED) is 0.288. The number of nitrogens with one attached hydrogen (secondary N) is 1. The number of methoxy groups -OCH3 is 2. The highest BCUT2D eigenvalue weighted by Crippen LogP contribution is 2.36. The summed E-state index contributed by atoms with van der Waals surface area (Å²) in [5.74, 6) is 0.405. The van der Waals surface area contributed by atoms with Crippen LogP contribution >= 0.6 is 0 Å². The minimum Gasteiger partial charge on any atom is -0.493 e. The Labute approximate surface area is 232 Å². The van der Waals surface area contributed by atoms with Crippen molar-refractivity contribution in [3.63, 3.8) is 0 Å². The van der Waals surface area contributed by atoms with Crippen LogP contribution in [0.25, 0.3) is 22.2 Å². The van der Waals surface area contributed by atoms with E-state index in [2.05, 4.69) is 25.4 Å². The zero-order chi connectivity index (χ0) is 28.5. The summed E-state index contributed by atoms with van der Waals surface area (Å²) >= 11 is 0. The van der Waals surface area contributed by atoms with Crippen LogP contribution in [-0.2, 0) is 0 Å². The first-order chi connectivity index (χ1) is 19.9. The van der Waals surface area contributed by atoms with Crippen LogP contribution in [0.15, 0.2) is 72.0 Å². The topological polar surface area (TPSA) is 130 Å². The van der Waals surface area contributed by atoms with Crippen molar-refractivity contribution in [3.8, 4) is 34.5 Å². The molecule has 206 valence electrons. The number of amides is 1. The third-order valence-electron chi connectivity index (χ3n) is 6.51. The van der Waals surface area contributed by atoms with E-state index in [1.807, 2.05) is 0 Å². The number of ether oxygens (including phenoxy) is 3. The molecule has 41 heavy (non-hydrogen) atoms. The number of pyridine rings is 1. The number of nitrogens with zero attached hydrogens (tertiary/aromatic N) is 5. The van der Waals surface area contributed by atoms with Gasteiger partial charge in [0.05, 0.1) is 43.9 Å². The monoisotopic (exact) mass is 554 g/mol. The molecule has 2 aromatic carbocycles. The average molecular weight is 555 g/mol. The van der Waals surface area contributed by atoms with Crippen molar-refractivity contribution in [2.75, 3.05) is 19.5 Å². The maximum absolute atomic E-state index is 13.4. The van der Waals surface area contributed by atoms with E-state index in [1.54, 1.807) is 36.2 Å². The molecule has 0 spiro atoms. The van der Waals surface area contributed by atoms with E-state index >= 15 is 0 Å².